The van der Waals surface area contributed by atoms with Crippen molar-refractivity contribution in [3.8, 4) is 11.8 Å². The maximum atomic E-state index is 8.80. The Bertz CT molecular complexity index is 444. The van der Waals surface area contributed by atoms with Gasteiger partial charge in [-0.15, -0.1) is 0 Å². The quantitative estimate of drug-likeness (QED) is 0.868. The number of nitrogens with two attached hydrogens (primary N) is 1. The van der Waals surface area contributed by atoms with Crippen LogP contribution in [0.25, 0.3) is 0 Å². The van der Waals surface area contributed by atoms with E-state index >= 15 is 0 Å². The predicted molar refractivity (Wildman–Crippen MR) is 69.0 cm³/mol. The van der Waals surface area contributed by atoms with Crippen LogP contribution >= 0.6 is 0 Å². The average molecular weight is 232 g/mol. The van der Waals surface area contributed by atoms with Crippen LogP contribution in [0.3, 0.4) is 0 Å². The third-order valence-corrected chi connectivity index (χ3v) is 2.90. The van der Waals surface area contributed by atoms with Gasteiger partial charge in [0.1, 0.15) is 11.3 Å². The molecule has 3 nitrogen and oxygen atoms in total. The van der Waals surface area contributed by atoms with Crippen molar-refractivity contribution in [2.24, 2.45) is 5.73 Å². The molecule has 1 unspecified atom stereocenters. The van der Waals surface area contributed by atoms with Gasteiger partial charge < -0.3 is 10.5 Å². The number of benzene rings is 1. The molecule has 1 rings (SSSR count). The van der Waals surface area contributed by atoms with Gasteiger partial charge in [0.15, 0.2) is 0 Å². The lowest BCUT2D eigenvalue weighted by molar-refractivity contribution is 0.284. The van der Waals surface area contributed by atoms with E-state index in [0.29, 0.717) is 13.0 Å². The summed E-state index contributed by atoms with van der Waals surface area (Å²) in [5.74, 6) is 0.885. The van der Waals surface area contributed by atoms with E-state index in [2.05, 4.69) is 19.1 Å². The molecule has 0 heterocycles. The molecule has 3 heteroatoms. The van der Waals surface area contributed by atoms with Gasteiger partial charge in [0.05, 0.1) is 12.7 Å². The third-order valence-electron chi connectivity index (χ3n) is 2.90. The summed E-state index contributed by atoms with van der Waals surface area (Å²) in [6, 6.07) is 6.21. The highest BCUT2D eigenvalue weighted by atomic mass is 16.5. The summed E-state index contributed by atoms with van der Waals surface area (Å²) in [4.78, 5) is 0. The zero-order chi connectivity index (χ0) is 13.1. The SMILES string of the molecule is Cc1cc(C)c(C)c(OCCC(C)(N)C#N)c1. The molecule has 0 aliphatic rings. The van der Waals surface area contributed by atoms with E-state index in [0.717, 1.165) is 11.3 Å². The second kappa shape index (κ2) is 5.20. The minimum atomic E-state index is -0.813. The first-order chi connectivity index (χ1) is 7.85. The molecule has 17 heavy (non-hydrogen) atoms. The molecule has 0 aliphatic carbocycles. The molecule has 2 N–H and O–H groups in total. The smallest absolute Gasteiger partial charge is 0.122 e. The summed E-state index contributed by atoms with van der Waals surface area (Å²) in [5, 5.41) is 8.80. The monoisotopic (exact) mass is 232 g/mol. The highest BCUT2D eigenvalue weighted by molar-refractivity contribution is 5.41. The number of rotatable bonds is 4. The van der Waals surface area contributed by atoms with Gasteiger partial charge in [0.2, 0.25) is 0 Å². The molecule has 92 valence electrons. The van der Waals surface area contributed by atoms with Gasteiger partial charge in [-0.05, 0) is 50.5 Å². The molecule has 1 aromatic rings. The van der Waals surface area contributed by atoms with Gasteiger partial charge in [0.25, 0.3) is 0 Å². The van der Waals surface area contributed by atoms with Gasteiger partial charge in [-0.3, -0.25) is 0 Å². The minimum absolute atomic E-state index is 0.463. The standard InChI is InChI=1S/C14H20N2O/c1-10-7-11(2)12(3)13(8-10)17-6-5-14(4,16)9-15/h7-8H,5-6,16H2,1-4H3. The predicted octanol–water partition coefficient (Wildman–Crippen LogP) is 2.62. The summed E-state index contributed by atoms with van der Waals surface area (Å²) in [7, 11) is 0. The van der Waals surface area contributed by atoms with Crippen LogP contribution in [-0.4, -0.2) is 12.1 Å². The van der Waals surface area contributed by atoms with Gasteiger partial charge >= 0.3 is 0 Å². The highest BCUT2D eigenvalue weighted by Crippen LogP contribution is 2.23. The fourth-order valence-corrected chi connectivity index (χ4v) is 1.58. The van der Waals surface area contributed by atoms with Crippen LogP contribution in [-0.2, 0) is 0 Å². The Hall–Kier alpha value is -1.53. The Morgan fingerprint density at radius 1 is 1.35 bits per heavy atom. The van der Waals surface area contributed by atoms with Crippen LogP contribution < -0.4 is 10.5 Å². The van der Waals surface area contributed by atoms with Crippen LogP contribution in [0, 0.1) is 32.1 Å². The van der Waals surface area contributed by atoms with E-state index in [-0.39, 0.29) is 0 Å². The lowest BCUT2D eigenvalue weighted by atomic mass is 10.0. The normalized spacial score (nSPS) is 13.9. The van der Waals surface area contributed by atoms with Crippen molar-refractivity contribution in [3.63, 3.8) is 0 Å². The van der Waals surface area contributed by atoms with Crippen molar-refractivity contribution < 1.29 is 4.74 Å². The molecule has 0 spiro atoms. The van der Waals surface area contributed by atoms with Crippen molar-refractivity contribution >= 4 is 0 Å². The lowest BCUT2D eigenvalue weighted by Crippen LogP contribution is -2.35. The molecule has 0 radical (unpaired) electrons. The van der Waals surface area contributed by atoms with E-state index in [1.54, 1.807) is 6.92 Å². The molecule has 0 amide bonds. The number of aryl methyl sites for hydroxylation is 2. The maximum Gasteiger partial charge on any atom is 0.122 e. The van der Waals surface area contributed by atoms with E-state index in [1.807, 2.05) is 19.9 Å². The Kier molecular flexibility index (Phi) is 4.14. The fraction of sp³-hybridized carbons (Fsp3) is 0.500. The average Bonchev–Trinajstić information content (AvgIpc) is 2.24. The van der Waals surface area contributed by atoms with Crippen LogP contribution in [0.2, 0.25) is 0 Å². The lowest BCUT2D eigenvalue weighted by Gasteiger charge is -2.17. The van der Waals surface area contributed by atoms with Crippen LogP contribution in [0.15, 0.2) is 12.1 Å². The largest absolute Gasteiger partial charge is 0.493 e. The molecule has 0 bridgehead atoms. The van der Waals surface area contributed by atoms with Gasteiger partial charge in [-0.25, -0.2) is 0 Å². The number of hydrogen-bond donors (Lipinski definition) is 1. The molecule has 0 aliphatic heterocycles. The molecule has 1 aromatic carbocycles. The van der Waals surface area contributed by atoms with Crippen molar-refractivity contribution in [2.75, 3.05) is 6.61 Å². The van der Waals surface area contributed by atoms with Crippen molar-refractivity contribution in [1.29, 1.82) is 5.26 Å². The molecular formula is C14H20N2O. The molecule has 0 aromatic heterocycles. The summed E-state index contributed by atoms with van der Waals surface area (Å²) in [5.41, 5.74) is 8.47. The topological polar surface area (TPSA) is 59.0 Å². The Labute approximate surface area is 103 Å². The third kappa shape index (κ3) is 3.76. The molecule has 1 atom stereocenters. The number of hydrogen-bond acceptors (Lipinski definition) is 3. The number of nitrogens with zero attached hydrogens (tertiary/aromatic N) is 1. The van der Waals surface area contributed by atoms with E-state index in [4.69, 9.17) is 15.7 Å². The minimum Gasteiger partial charge on any atom is -0.493 e. The van der Waals surface area contributed by atoms with Gasteiger partial charge in [-0.2, -0.15) is 5.26 Å². The van der Waals surface area contributed by atoms with Gasteiger partial charge in [0, 0.05) is 6.42 Å². The zero-order valence-corrected chi connectivity index (χ0v) is 11.0. The van der Waals surface area contributed by atoms with E-state index in [9.17, 15) is 0 Å². The van der Waals surface area contributed by atoms with Crippen molar-refractivity contribution in [1.82, 2.24) is 0 Å². The maximum absolute atomic E-state index is 8.80. The molecule has 0 fully saturated rings. The summed E-state index contributed by atoms with van der Waals surface area (Å²) < 4.78 is 5.71. The fourth-order valence-electron chi connectivity index (χ4n) is 1.58. The van der Waals surface area contributed by atoms with Crippen molar-refractivity contribution in [3.05, 3.63) is 28.8 Å². The second-order valence-electron chi connectivity index (χ2n) is 4.83. The van der Waals surface area contributed by atoms with Crippen LogP contribution in [0.1, 0.15) is 30.0 Å². The summed E-state index contributed by atoms with van der Waals surface area (Å²) >= 11 is 0. The summed E-state index contributed by atoms with van der Waals surface area (Å²) in [6.07, 6.45) is 0.524. The number of ether oxygens (including phenoxy) is 1. The van der Waals surface area contributed by atoms with Crippen LogP contribution in [0.5, 0.6) is 5.75 Å². The molecule has 0 saturated carbocycles. The molecular weight excluding hydrogens is 212 g/mol. The number of nitriles is 1. The first-order valence-corrected chi connectivity index (χ1v) is 5.76. The van der Waals surface area contributed by atoms with E-state index < -0.39 is 5.54 Å². The highest BCUT2D eigenvalue weighted by Gasteiger charge is 2.17. The second-order valence-corrected chi connectivity index (χ2v) is 4.83. The zero-order valence-electron chi connectivity index (χ0n) is 11.0. The Morgan fingerprint density at radius 3 is 2.59 bits per heavy atom. The van der Waals surface area contributed by atoms with Gasteiger partial charge in [-0.1, -0.05) is 6.07 Å². The summed E-state index contributed by atoms with van der Waals surface area (Å²) in [6.45, 7) is 8.32. The Balaban J connectivity index is 2.68. The Morgan fingerprint density at radius 2 is 2.00 bits per heavy atom. The first kappa shape index (κ1) is 13.5. The first-order valence-electron chi connectivity index (χ1n) is 5.76. The molecule has 0 saturated heterocycles. The van der Waals surface area contributed by atoms with E-state index in [1.165, 1.54) is 11.1 Å². The van der Waals surface area contributed by atoms with Crippen molar-refractivity contribution in [2.45, 2.75) is 39.7 Å². The van der Waals surface area contributed by atoms with Crippen LogP contribution in [0.4, 0.5) is 0 Å².